The van der Waals surface area contributed by atoms with Crippen LogP contribution >= 0.6 is 12.2 Å². The third-order valence-electron chi connectivity index (χ3n) is 3.26. The molecule has 0 radical (unpaired) electrons. The van der Waals surface area contributed by atoms with Gasteiger partial charge in [0.25, 0.3) is 5.91 Å². The first kappa shape index (κ1) is 14.4. The molecule has 0 bridgehead atoms. The fourth-order valence-electron chi connectivity index (χ4n) is 2.07. The van der Waals surface area contributed by atoms with Crippen LogP contribution in [0.15, 0.2) is 36.5 Å². The minimum Gasteiger partial charge on any atom is -0.393 e. The van der Waals surface area contributed by atoms with E-state index < -0.39 is 0 Å². The van der Waals surface area contributed by atoms with Gasteiger partial charge in [-0.25, -0.2) is 0 Å². The largest absolute Gasteiger partial charge is 0.393 e. The van der Waals surface area contributed by atoms with E-state index in [0.717, 1.165) is 10.9 Å². The van der Waals surface area contributed by atoms with Crippen molar-refractivity contribution in [2.75, 3.05) is 13.6 Å². The van der Waals surface area contributed by atoms with Gasteiger partial charge in [0.2, 0.25) is 0 Å². The standard InChI is InChI=1S/C15H17N3OS/c1-10(14(16)20)9-18(2)15(19)12-7-8-17-13-6-4-3-5-11(12)13/h3-8,10H,9H2,1-2H3,(H2,16,20). The molecule has 5 heteroatoms. The Hall–Kier alpha value is -2.01. The van der Waals surface area contributed by atoms with Crippen molar-refractivity contribution in [3.05, 3.63) is 42.1 Å². The second-order valence-corrected chi connectivity index (χ2v) is 5.34. The molecule has 0 spiro atoms. The zero-order valence-corrected chi connectivity index (χ0v) is 12.4. The molecule has 1 heterocycles. The lowest BCUT2D eigenvalue weighted by atomic mass is 10.1. The molecule has 0 saturated heterocycles. The first-order chi connectivity index (χ1) is 9.50. The van der Waals surface area contributed by atoms with Crippen LogP contribution in [0.25, 0.3) is 10.9 Å². The van der Waals surface area contributed by atoms with Gasteiger partial charge < -0.3 is 10.6 Å². The average Bonchev–Trinajstić information content (AvgIpc) is 2.45. The molecule has 0 aliphatic heterocycles. The molecule has 4 nitrogen and oxygen atoms in total. The van der Waals surface area contributed by atoms with Gasteiger partial charge in [-0.1, -0.05) is 37.3 Å². The molecule has 1 unspecified atom stereocenters. The summed E-state index contributed by atoms with van der Waals surface area (Å²) in [4.78, 5) is 18.9. The summed E-state index contributed by atoms with van der Waals surface area (Å²) in [5, 5.41) is 0.856. The van der Waals surface area contributed by atoms with Crippen molar-refractivity contribution in [1.82, 2.24) is 9.88 Å². The number of carbonyl (C=O) groups excluding carboxylic acids is 1. The second-order valence-electron chi connectivity index (χ2n) is 4.86. The lowest BCUT2D eigenvalue weighted by Gasteiger charge is -2.21. The number of nitrogens with two attached hydrogens (primary N) is 1. The highest BCUT2D eigenvalue weighted by Gasteiger charge is 2.17. The Morgan fingerprint density at radius 2 is 2.10 bits per heavy atom. The van der Waals surface area contributed by atoms with Crippen LogP contribution < -0.4 is 5.73 Å². The van der Waals surface area contributed by atoms with Gasteiger partial charge in [-0.05, 0) is 12.1 Å². The normalized spacial score (nSPS) is 12.1. The summed E-state index contributed by atoms with van der Waals surface area (Å²) in [5.41, 5.74) is 7.06. The van der Waals surface area contributed by atoms with Crippen molar-refractivity contribution in [3.8, 4) is 0 Å². The van der Waals surface area contributed by atoms with Crippen LogP contribution in [0.5, 0.6) is 0 Å². The summed E-state index contributed by atoms with van der Waals surface area (Å²) in [6.07, 6.45) is 1.65. The van der Waals surface area contributed by atoms with E-state index in [-0.39, 0.29) is 11.8 Å². The second kappa shape index (κ2) is 5.96. The Balaban J connectivity index is 2.29. The molecule has 1 aromatic carbocycles. The van der Waals surface area contributed by atoms with E-state index in [1.54, 1.807) is 24.2 Å². The van der Waals surface area contributed by atoms with Crippen LogP contribution in [-0.4, -0.2) is 34.4 Å². The Labute approximate surface area is 123 Å². The predicted octanol–water partition coefficient (Wildman–Crippen LogP) is 2.23. The molecule has 2 N–H and O–H groups in total. The number of para-hydroxylation sites is 1. The lowest BCUT2D eigenvalue weighted by molar-refractivity contribution is 0.0789. The van der Waals surface area contributed by atoms with E-state index in [9.17, 15) is 4.79 Å². The average molecular weight is 287 g/mol. The number of aromatic nitrogens is 1. The van der Waals surface area contributed by atoms with Crippen molar-refractivity contribution in [2.24, 2.45) is 11.7 Å². The van der Waals surface area contributed by atoms with Crippen LogP contribution in [0.4, 0.5) is 0 Å². The summed E-state index contributed by atoms with van der Waals surface area (Å²) in [5.74, 6) is -0.0567. The minimum atomic E-state index is -0.0494. The maximum absolute atomic E-state index is 12.5. The molecule has 0 aliphatic rings. The van der Waals surface area contributed by atoms with Gasteiger partial charge in [0, 0.05) is 31.1 Å². The molecule has 0 saturated carbocycles. The first-order valence-electron chi connectivity index (χ1n) is 6.39. The molecular weight excluding hydrogens is 270 g/mol. The highest BCUT2D eigenvalue weighted by atomic mass is 32.1. The van der Waals surface area contributed by atoms with E-state index in [2.05, 4.69) is 4.98 Å². The van der Waals surface area contributed by atoms with Crippen LogP contribution in [0.3, 0.4) is 0 Å². The lowest BCUT2D eigenvalue weighted by Crippen LogP contribution is -2.35. The van der Waals surface area contributed by atoms with E-state index in [0.29, 0.717) is 17.1 Å². The molecule has 20 heavy (non-hydrogen) atoms. The van der Waals surface area contributed by atoms with Gasteiger partial charge in [-0.15, -0.1) is 0 Å². The molecule has 1 aromatic heterocycles. The van der Waals surface area contributed by atoms with Crippen molar-refractivity contribution < 1.29 is 4.79 Å². The monoisotopic (exact) mass is 287 g/mol. The molecular formula is C15H17N3OS. The number of rotatable bonds is 4. The van der Waals surface area contributed by atoms with E-state index >= 15 is 0 Å². The maximum atomic E-state index is 12.5. The molecule has 0 fully saturated rings. The number of pyridine rings is 1. The van der Waals surface area contributed by atoms with Crippen molar-refractivity contribution in [2.45, 2.75) is 6.92 Å². The zero-order chi connectivity index (χ0) is 14.7. The molecule has 1 amide bonds. The first-order valence-corrected chi connectivity index (χ1v) is 6.80. The molecule has 0 aliphatic carbocycles. The summed E-state index contributed by atoms with van der Waals surface area (Å²) < 4.78 is 0. The highest BCUT2D eigenvalue weighted by Crippen LogP contribution is 2.18. The minimum absolute atomic E-state index is 0.00736. The SMILES string of the molecule is CC(CN(C)C(=O)c1ccnc2ccccc12)C(N)=S. The third-order valence-corrected chi connectivity index (χ3v) is 3.66. The van der Waals surface area contributed by atoms with Crippen LogP contribution in [0.2, 0.25) is 0 Å². The number of benzene rings is 1. The predicted molar refractivity (Wildman–Crippen MR) is 84.7 cm³/mol. The van der Waals surface area contributed by atoms with E-state index in [1.807, 2.05) is 31.2 Å². The summed E-state index contributed by atoms with van der Waals surface area (Å²) >= 11 is 4.95. The molecule has 1 atom stereocenters. The van der Waals surface area contributed by atoms with Gasteiger partial charge in [-0.2, -0.15) is 0 Å². The number of thiocarbonyl (C=S) groups is 1. The molecule has 2 aromatic rings. The topological polar surface area (TPSA) is 59.2 Å². The third kappa shape index (κ3) is 2.93. The summed E-state index contributed by atoms with van der Waals surface area (Å²) in [7, 11) is 1.76. The maximum Gasteiger partial charge on any atom is 0.254 e. The Kier molecular flexibility index (Phi) is 4.29. The number of fused-ring (bicyclic) bond motifs is 1. The van der Waals surface area contributed by atoms with Gasteiger partial charge in [0.15, 0.2) is 0 Å². The number of nitrogens with zero attached hydrogens (tertiary/aromatic N) is 2. The van der Waals surface area contributed by atoms with Crippen molar-refractivity contribution in [1.29, 1.82) is 0 Å². The zero-order valence-electron chi connectivity index (χ0n) is 11.5. The van der Waals surface area contributed by atoms with Crippen molar-refractivity contribution in [3.63, 3.8) is 0 Å². The van der Waals surface area contributed by atoms with Crippen molar-refractivity contribution >= 4 is 34.0 Å². The fourth-order valence-corrected chi connectivity index (χ4v) is 2.15. The van der Waals surface area contributed by atoms with Crippen LogP contribution in [0.1, 0.15) is 17.3 Å². The Morgan fingerprint density at radius 1 is 1.40 bits per heavy atom. The van der Waals surface area contributed by atoms with Crippen LogP contribution in [-0.2, 0) is 0 Å². The summed E-state index contributed by atoms with van der Waals surface area (Å²) in [6.45, 7) is 2.42. The highest BCUT2D eigenvalue weighted by molar-refractivity contribution is 7.80. The van der Waals surface area contributed by atoms with Gasteiger partial charge in [0.05, 0.1) is 16.1 Å². The Morgan fingerprint density at radius 3 is 2.80 bits per heavy atom. The number of hydrogen-bond acceptors (Lipinski definition) is 3. The van der Waals surface area contributed by atoms with Gasteiger partial charge in [0.1, 0.15) is 0 Å². The number of carbonyl (C=O) groups is 1. The van der Waals surface area contributed by atoms with Crippen LogP contribution in [0, 0.1) is 5.92 Å². The number of amides is 1. The summed E-state index contributed by atoms with van der Waals surface area (Å²) in [6, 6.07) is 9.34. The quantitative estimate of drug-likeness (QED) is 0.876. The van der Waals surface area contributed by atoms with E-state index in [4.69, 9.17) is 18.0 Å². The smallest absolute Gasteiger partial charge is 0.254 e. The van der Waals surface area contributed by atoms with E-state index in [1.165, 1.54) is 0 Å². The molecule has 104 valence electrons. The fraction of sp³-hybridized carbons (Fsp3) is 0.267. The molecule has 2 rings (SSSR count). The van der Waals surface area contributed by atoms with Gasteiger partial charge >= 0.3 is 0 Å². The Bertz CT molecular complexity index is 651. The number of hydrogen-bond donors (Lipinski definition) is 1. The van der Waals surface area contributed by atoms with Gasteiger partial charge in [-0.3, -0.25) is 9.78 Å².